The van der Waals surface area contributed by atoms with Gasteiger partial charge in [0.2, 0.25) is 5.95 Å². The third-order valence-electron chi connectivity index (χ3n) is 7.78. The number of hydrazine groups is 1. The van der Waals surface area contributed by atoms with Crippen molar-refractivity contribution in [1.82, 2.24) is 20.2 Å². The number of carbonyl (C=O) groups is 1. The van der Waals surface area contributed by atoms with Gasteiger partial charge in [0.1, 0.15) is 0 Å². The number of aromatic nitrogens is 2. The molecular formula is C25H34N8O. The van der Waals surface area contributed by atoms with Crippen molar-refractivity contribution in [1.29, 1.82) is 0 Å². The monoisotopic (exact) mass is 462 g/mol. The van der Waals surface area contributed by atoms with Gasteiger partial charge in [-0.25, -0.2) is 20.6 Å². The summed E-state index contributed by atoms with van der Waals surface area (Å²) in [6, 6.07) is 10.6. The van der Waals surface area contributed by atoms with Gasteiger partial charge in [0.05, 0.1) is 30.2 Å². The molecule has 5 rings (SSSR count). The van der Waals surface area contributed by atoms with Gasteiger partial charge in [-0.05, 0) is 58.2 Å². The number of nitrogens with one attached hydrogen (secondary N) is 1. The highest BCUT2D eigenvalue weighted by Gasteiger charge is 2.50. The lowest BCUT2D eigenvalue weighted by Gasteiger charge is -2.48. The second-order valence-electron chi connectivity index (χ2n) is 10.1. The zero-order chi connectivity index (χ0) is 23.9. The fourth-order valence-electron chi connectivity index (χ4n) is 5.41. The van der Waals surface area contributed by atoms with Gasteiger partial charge in [-0.3, -0.25) is 14.8 Å². The fraction of sp³-hybridized carbons (Fsp3) is 0.480. The Bertz CT molecular complexity index is 1060. The van der Waals surface area contributed by atoms with Crippen molar-refractivity contribution in [3.8, 4) is 0 Å². The molecule has 2 aromatic rings. The molecule has 2 heterocycles. The van der Waals surface area contributed by atoms with Crippen LogP contribution in [0.4, 0.5) is 16.4 Å². The molecular weight excluding hydrogens is 428 g/mol. The number of nitrogens with two attached hydrogens (primary N) is 2. The lowest BCUT2D eigenvalue weighted by atomic mass is 9.69. The number of anilines is 2. The maximum atomic E-state index is 12.9. The minimum absolute atomic E-state index is 0.0180. The van der Waals surface area contributed by atoms with Crippen LogP contribution in [0.5, 0.6) is 0 Å². The lowest BCUT2D eigenvalue weighted by molar-refractivity contribution is 0.0658. The standard InChI is InChI=1S/C25H34N8O/c1-31(2)25(19-6-4-3-5-7-19)12-10-24(11-13-25)17-32(23(34)30-24)20-14-28-22(29-15-20)33(27)16-21(26)18-8-9-18/h3-7,14-16,18H,8-13,17,26-27H2,1-2H3,(H,30,34)/b21-16-/t24-,25+. The summed E-state index contributed by atoms with van der Waals surface area (Å²) < 4.78 is 0. The van der Waals surface area contributed by atoms with Crippen LogP contribution in [0.3, 0.4) is 0 Å². The second kappa shape index (κ2) is 8.56. The average molecular weight is 463 g/mol. The maximum Gasteiger partial charge on any atom is 0.322 e. The predicted octanol–water partition coefficient (Wildman–Crippen LogP) is 2.67. The first-order valence-corrected chi connectivity index (χ1v) is 12.0. The van der Waals surface area contributed by atoms with Crippen LogP contribution in [0.15, 0.2) is 54.6 Å². The number of hydrogen-bond donors (Lipinski definition) is 3. The van der Waals surface area contributed by atoms with Gasteiger partial charge in [-0.15, -0.1) is 0 Å². The fourth-order valence-corrected chi connectivity index (χ4v) is 5.41. The van der Waals surface area contributed by atoms with Crippen LogP contribution in [-0.2, 0) is 5.54 Å². The molecule has 1 saturated heterocycles. The molecule has 1 aliphatic heterocycles. The van der Waals surface area contributed by atoms with E-state index in [9.17, 15) is 4.79 Å². The Labute approximate surface area is 200 Å². The minimum Gasteiger partial charge on any atom is -0.401 e. The zero-order valence-electron chi connectivity index (χ0n) is 19.9. The Morgan fingerprint density at radius 1 is 1.12 bits per heavy atom. The number of amides is 2. The second-order valence-corrected chi connectivity index (χ2v) is 10.1. The Hall–Kier alpha value is -3.17. The number of hydrogen-bond acceptors (Lipinski definition) is 7. The molecule has 180 valence electrons. The molecule has 0 atom stereocenters. The predicted molar refractivity (Wildman–Crippen MR) is 133 cm³/mol. The summed E-state index contributed by atoms with van der Waals surface area (Å²) in [5, 5.41) is 4.62. The van der Waals surface area contributed by atoms with Crippen molar-refractivity contribution in [3.05, 3.63) is 60.2 Å². The van der Waals surface area contributed by atoms with Gasteiger partial charge >= 0.3 is 6.03 Å². The van der Waals surface area contributed by atoms with Crippen LogP contribution in [0.25, 0.3) is 0 Å². The third-order valence-corrected chi connectivity index (χ3v) is 7.78. The Morgan fingerprint density at radius 2 is 1.76 bits per heavy atom. The highest BCUT2D eigenvalue weighted by molar-refractivity contribution is 5.95. The highest BCUT2D eigenvalue weighted by atomic mass is 16.2. The number of urea groups is 1. The molecule has 3 fully saturated rings. The molecule has 34 heavy (non-hydrogen) atoms. The molecule has 2 amide bonds. The van der Waals surface area contributed by atoms with Gasteiger partial charge in [0, 0.05) is 23.4 Å². The lowest BCUT2D eigenvalue weighted by Crippen LogP contribution is -2.54. The molecule has 2 aliphatic carbocycles. The van der Waals surface area contributed by atoms with E-state index in [1.807, 2.05) is 0 Å². The quantitative estimate of drug-likeness (QED) is 0.446. The van der Waals surface area contributed by atoms with Crippen LogP contribution >= 0.6 is 0 Å². The van der Waals surface area contributed by atoms with E-state index in [0.717, 1.165) is 44.2 Å². The number of benzene rings is 1. The van der Waals surface area contributed by atoms with Crippen molar-refractivity contribution in [2.24, 2.45) is 17.5 Å². The summed E-state index contributed by atoms with van der Waals surface area (Å²) >= 11 is 0. The topological polar surface area (TPSA) is 117 Å². The van der Waals surface area contributed by atoms with E-state index in [1.54, 1.807) is 23.5 Å². The van der Waals surface area contributed by atoms with Gasteiger partial charge in [-0.1, -0.05) is 30.3 Å². The molecule has 2 saturated carbocycles. The largest absolute Gasteiger partial charge is 0.401 e. The summed E-state index contributed by atoms with van der Waals surface area (Å²) in [6.07, 6.45) is 10.9. The van der Waals surface area contributed by atoms with E-state index >= 15 is 0 Å². The van der Waals surface area contributed by atoms with Crippen LogP contribution in [0.1, 0.15) is 44.1 Å². The summed E-state index contributed by atoms with van der Waals surface area (Å²) in [7, 11) is 4.30. The minimum atomic E-state index is -0.245. The van der Waals surface area contributed by atoms with Crippen molar-refractivity contribution in [3.63, 3.8) is 0 Å². The van der Waals surface area contributed by atoms with E-state index in [4.69, 9.17) is 11.6 Å². The van der Waals surface area contributed by atoms with Crippen molar-refractivity contribution < 1.29 is 4.79 Å². The molecule has 9 heteroatoms. The molecule has 0 unspecified atom stereocenters. The molecule has 5 N–H and O–H groups in total. The van der Waals surface area contributed by atoms with Gasteiger partial charge in [0.25, 0.3) is 0 Å². The molecule has 1 spiro atoms. The Morgan fingerprint density at radius 3 is 2.35 bits per heavy atom. The summed E-state index contributed by atoms with van der Waals surface area (Å²) in [5.41, 5.74) is 8.52. The van der Waals surface area contributed by atoms with Gasteiger partial charge < -0.3 is 11.1 Å². The normalized spacial score (nSPS) is 27.4. The van der Waals surface area contributed by atoms with Crippen LogP contribution < -0.4 is 26.8 Å². The molecule has 0 bridgehead atoms. The molecule has 1 aromatic heterocycles. The zero-order valence-corrected chi connectivity index (χ0v) is 19.9. The molecule has 3 aliphatic rings. The van der Waals surface area contributed by atoms with Crippen LogP contribution in [-0.4, -0.2) is 47.1 Å². The first-order chi connectivity index (χ1) is 16.3. The number of nitrogens with zero attached hydrogens (tertiary/aromatic N) is 5. The summed E-state index contributed by atoms with van der Waals surface area (Å²) in [4.78, 5) is 25.8. The van der Waals surface area contributed by atoms with Crippen LogP contribution in [0, 0.1) is 5.92 Å². The van der Waals surface area contributed by atoms with Crippen molar-refractivity contribution in [2.45, 2.75) is 49.6 Å². The van der Waals surface area contributed by atoms with E-state index in [0.29, 0.717) is 24.1 Å². The van der Waals surface area contributed by atoms with E-state index in [-0.39, 0.29) is 17.1 Å². The smallest absolute Gasteiger partial charge is 0.322 e. The molecule has 9 nitrogen and oxygen atoms in total. The van der Waals surface area contributed by atoms with Crippen molar-refractivity contribution >= 4 is 17.7 Å². The number of rotatable bonds is 6. The SMILES string of the molecule is CN(C)[C@]1(c2ccccc2)CC[C@]2(CC1)CN(c1cnc(N(N)/C=C(\N)C3CC3)nc1)C(=O)N2. The van der Waals surface area contributed by atoms with Gasteiger partial charge in [-0.2, -0.15) is 0 Å². The molecule has 1 aromatic carbocycles. The summed E-state index contributed by atoms with van der Waals surface area (Å²) in [5.74, 6) is 6.82. The number of carbonyl (C=O) groups excluding carboxylic acids is 1. The molecule has 0 radical (unpaired) electrons. The van der Waals surface area contributed by atoms with E-state index < -0.39 is 0 Å². The van der Waals surface area contributed by atoms with Crippen molar-refractivity contribution in [2.75, 3.05) is 30.5 Å². The van der Waals surface area contributed by atoms with Crippen LogP contribution in [0.2, 0.25) is 0 Å². The summed E-state index contributed by atoms with van der Waals surface area (Å²) in [6.45, 7) is 0.605. The van der Waals surface area contributed by atoms with E-state index in [2.05, 4.69) is 64.6 Å². The Balaban J connectivity index is 1.28. The average Bonchev–Trinajstić information content (AvgIpc) is 3.65. The first-order valence-electron chi connectivity index (χ1n) is 12.0. The first kappa shape index (κ1) is 22.6. The maximum absolute atomic E-state index is 12.9. The Kier molecular flexibility index (Phi) is 5.69. The third kappa shape index (κ3) is 4.10. The highest BCUT2D eigenvalue weighted by Crippen LogP contribution is 2.46. The van der Waals surface area contributed by atoms with E-state index in [1.165, 1.54) is 10.6 Å². The van der Waals surface area contributed by atoms with Gasteiger partial charge in [0.15, 0.2) is 0 Å². The number of allylic oxidation sites excluding steroid dienone is 1.